The van der Waals surface area contributed by atoms with Crippen molar-refractivity contribution in [3.8, 4) is 0 Å². The Bertz CT molecular complexity index is 913. The zero-order valence-electron chi connectivity index (χ0n) is 15.4. The van der Waals surface area contributed by atoms with Gasteiger partial charge in [-0.15, -0.1) is 0 Å². The average Bonchev–Trinajstić information content (AvgIpc) is 3.33. The lowest BCUT2D eigenvalue weighted by molar-refractivity contribution is -0.136. The van der Waals surface area contributed by atoms with Crippen LogP contribution in [0.2, 0.25) is 0 Å². The van der Waals surface area contributed by atoms with E-state index < -0.39 is 23.8 Å². The maximum Gasteiger partial charge on any atom is 0.262 e. The van der Waals surface area contributed by atoms with Crippen molar-refractivity contribution in [2.45, 2.75) is 50.2 Å². The number of benzene rings is 1. The van der Waals surface area contributed by atoms with Crippen molar-refractivity contribution in [2.75, 3.05) is 11.4 Å². The smallest absolute Gasteiger partial charge is 0.262 e. The first-order valence-electron chi connectivity index (χ1n) is 9.83. The lowest BCUT2D eigenvalue weighted by atomic mass is 9.89. The van der Waals surface area contributed by atoms with Crippen molar-refractivity contribution in [3.05, 3.63) is 29.3 Å². The number of amides is 4. The van der Waals surface area contributed by atoms with Crippen molar-refractivity contribution in [3.63, 3.8) is 0 Å². The number of fused-ring (bicyclic) bond motifs is 3. The summed E-state index contributed by atoms with van der Waals surface area (Å²) in [4.78, 5) is 52.7. The van der Waals surface area contributed by atoms with Gasteiger partial charge in [-0.25, -0.2) is 0 Å². The third-order valence-corrected chi connectivity index (χ3v) is 6.69. The van der Waals surface area contributed by atoms with Gasteiger partial charge in [0.05, 0.1) is 11.1 Å². The minimum atomic E-state index is -0.932. The molecule has 4 aliphatic rings. The molecule has 4 amide bonds. The fourth-order valence-electron chi connectivity index (χ4n) is 5.39. The van der Waals surface area contributed by atoms with Gasteiger partial charge in [-0.05, 0) is 56.3 Å². The molecule has 1 unspecified atom stereocenters. The molecule has 1 aromatic carbocycles. The van der Waals surface area contributed by atoms with Crippen LogP contribution < -0.4 is 16.0 Å². The molecule has 0 aliphatic carbocycles. The Morgan fingerprint density at radius 1 is 1.04 bits per heavy atom. The maximum absolute atomic E-state index is 13.0. The van der Waals surface area contributed by atoms with Crippen LogP contribution in [-0.2, 0) is 9.59 Å². The number of carbonyl (C=O) groups excluding carboxylic acids is 4. The predicted octanol–water partition coefficient (Wildman–Crippen LogP) is 0.404. The zero-order chi connectivity index (χ0) is 19.6. The average molecular weight is 382 g/mol. The van der Waals surface area contributed by atoms with E-state index in [2.05, 4.69) is 10.2 Å². The number of nitrogens with two attached hydrogens (primary N) is 1. The van der Waals surface area contributed by atoms with Crippen molar-refractivity contribution < 1.29 is 19.2 Å². The summed E-state index contributed by atoms with van der Waals surface area (Å²) in [6.07, 6.45) is 3.56. The molecule has 0 saturated carbocycles. The van der Waals surface area contributed by atoms with E-state index >= 15 is 0 Å². The van der Waals surface area contributed by atoms with E-state index in [1.807, 2.05) is 6.07 Å². The molecule has 0 radical (unpaired) electrons. The highest BCUT2D eigenvalue weighted by atomic mass is 16.2. The van der Waals surface area contributed by atoms with Crippen LogP contribution in [-0.4, -0.2) is 53.2 Å². The van der Waals surface area contributed by atoms with E-state index in [4.69, 9.17) is 5.73 Å². The number of imide groups is 2. The van der Waals surface area contributed by atoms with E-state index in [0.29, 0.717) is 35.7 Å². The van der Waals surface area contributed by atoms with Gasteiger partial charge >= 0.3 is 0 Å². The van der Waals surface area contributed by atoms with E-state index in [1.165, 1.54) is 0 Å². The third kappa shape index (κ3) is 2.33. The monoisotopic (exact) mass is 382 g/mol. The van der Waals surface area contributed by atoms with Crippen LogP contribution in [0.25, 0.3) is 0 Å². The first kappa shape index (κ1) is 17.4. The Balaban J connectivity index is 1.46. The van der Waals surface area contributed by atoms with Gasteiger partial charge in [0, 0.05) is 24.2 Å². The molecule has 5 rings (SSSR count). The molecule has 8 nitrogen and oxygen atoms in total. The third-order valence-electron chi connectivity index (χ3n) is 6.69. The Labute approximate surface area is 162 Å². The van der Waals surface area contributed by atoms with Crippen LogP contribution in [0.3, 0.4) is 0 Å². The summed E-state index contributed by atoms with van der Waals surface area (Å²) in [6, 6.07) is 5.24. The molecule has 0 aromatic heterocycles. The predicted molar refractivity (Wildman–Crippen MR) is 99.6 cm³/mol. The molecule has 1 aromatic rings. The number of carbonyl (C=O) groups is 4. The normalized spacial score (nSPS) is 31.6. The van der Waals surface area contributed by atoms with E-state index in [-0.39, 0.29) is 18.7 Å². The number of piperidine rings is 1. The van der Waals surface area contributed by atoms with Crippen LogP contribution in [0, 0.1) is 5.92 Å². The number of nitrogens with zero attached hydrogens (tertiary/aromatic N) is 2. The summed E-state index contributed by atoms with van der Waals surface area (Å²) in [7, 11) is 0. The van der Waals surface area contributed by atoms with Crippen LogP contribution in [0.15, 0.2) is 18.2 Å². The maximum atomic E-state index is 13.0. The van der Waals surface area contributed by atoms with Crippen LogP contribution in [0.4, 0.5) is 5.69 Å². The Morgan fingerprint density at radius 2 is 1.82 bits per heavy atom. The molecule has 3 saturated heterocycles. The Hall–Kier alpha value is -2.74. The molecular weight excluding hydrogens is 360 g/mol. The van der Waals surface area contributed by atoms with Crippen LogP contribution in [0.5, 0.6) is 0 Å². The highest BCUT2D eigenvalue weighted by Gasteiger charge is 2.48. The summed E-state index contributed by atoms with van der Waals surface area (Å²) < 4.78 is 0. The number of anilines is 1. The Kier molecular flexibility index (Phi) is 3.80. The molecule has 4 heterocycles. The van der Waals surface area contributed by atoms with Gasteiger partial charge in [0.2, 0.25) is 11.8 Å². The van der Waals surface area contributed by atoms with E-state index in [1.54, 1.807) is 12.1 Å². The molecule has 4 atom stereocenters. The van der Waals surface area contributed by atoms with E-state index in [0.717, 1.165) is 29.8 Å². The van der Waals surface area contributed by atoms with Gasteiger partial charge in [-0.3, -0.25) is 29.4 Å². The van der Waals surface area contributed by atoms with Gasteiger partial charge in [0.1, 0.15) is 6.04 Å². The Morgan fingerprint density at radius 3 is 2.54 bits per heavy atom. The molecule has 0 spiro atoms. The summed E-state index contributed by atoms with van der Waals surface area (Å²) in [6.45, 7) is 0.656. The minimum Gasteiger partial charge on any atom is -0.365 e. The standard InChI is InChI=1S/C20H22N4O4/c21-9-10-7-11-2-4-15(10)23(11)12-1-3-13-14(8-12)20(28)24(19(13)27)16-5-6-17(25)22-18(16)26/h1,3,8,10-11,15-16H,2,4-7,9,21H2,(H,22,25,26)/t10-,11+,15-,16?/m0/s1. The first-order chi connectivity index (χ1) is 13.5. The van der Waals surface area contributed by atoms with Crippen molar-refractivity contribution in [1.82, 2.24) is 10.2 Å². The SMILES string of the molecule is NC[C@@H]1C[C@H]2CC[C@@H]1N2c1ccc2c(c1)C(=O)N(C1CCC(=O)NC1=O)C2=O. The van der Waals surface area contributed by atoms with Crippen LogP contribution in [0.1, 0.15) is 52.8 Å². The molecule has 28 heavy (non-hydrogen) atoms. The summed E-state index contributed by atoms with van der Waals surface area (Å²) in [5.41, 5.74) is 7.51. The fraction of sp³-hybridized carbons (Fsp3) is 0.500. The van der Waals surface area contributed by atoms with Gasteiger partial charge in [0.15, 0.2) is 0 Å². The summed E-state index contributed by atoms with van der Waals surface area (Å²) in [5.74, 6) is -1.43. The largest absolute Gasteiger partial charge is 0.365 e. The zero-order valence-corrected chi connectivity index (χ0v) is 15.4. The number of hydrogen-bond donors (Lipinski definition) is 2. The molecule has 2 bridgehead atoms. The summed E-state index contributed by atoms with van der Waals surface area (Å²) in [5, 5.41) is 2.22. The lowest BCUT2D eigenvalue weighted by Crippen LogP contribution is -2.54. The highest BCUT2D eigenvalue weighted by molar-refractivity contribution is 6.23. The van der Waals surface area contributed by atoms with Gasteiger partial charge < -0.3 is 10.6 Å². The van der Waals surface area contributed by atoms with Gasteiger partial charge in [-0.1, -0.05) is 0 Å². The quantitative estimate of drug-likeness (QED) is 0.732. The first-order valence-corrected chi connectivity index (χ1v) is 9.83. The molecule has 146 valence electrons. The summed E-state index contributed by atoms with van der Waals surface area (Å²) >= 11 is 0. The molecular formula is C20H22N4O4. The number of hydrogen-bond acceptors (Lipinski definition) is 6. The van der Waals surface area contributed by atoms with Crippen LogP contribution >= 0.6 is 0 Å². The molecule has 8 heteroatoms. The minimum absolute atomic E-state index is 0.118. The lowest BCUT2D eigenvalue weighted by Gasteiger charge is -2.27. The fourth-order valence-corrected chi connectivity index (χ4v) is 5.39. The van der Waals surface area contributed by atoms with Crippen molar-refractivity contribution in [2.24, 2.45) is 11.7 Å². The molecule has 3 fully saturated rings. The second kappa shape index (κ2) is 6.13. The van der Waals surface area contributed by atoms with E-state index in [9.17, 15) is 19.2 Å². The number of rotatable bonds is 3. The second-order valence-electron chi connectivity index (χ2n) is 8.11. The number of nitrogens with one attached hydrogen (secondary N) is 1. The topological polar surface area (TPSA) is 113 Å². The van der Waals surface area contributed by atoms with Gasteiger partial charge in [0.25, 0.3) is 11.8 Å². The molecule has 4 aliphatic heterocycles. The van der Waals surface area contributed by atoms with Crippen molar-refractivity contribution >= 4 is 29.3 Å². The van der Waals surface area contributed by atoms with Gasteiger partial charge in [-0.2, -0.15) is 0 Å². The second-order valence-corrected chi connectivity index (χ2v) is 8.11. The highest BCUT2D eigenvalue weighted by Crippen LogP contribution is 2.45. The van der Waals surface area contributed by atoms with Crippen molar-refractivity contribution in [1.29, 1.82) is 0 Å². The molecule has 3 N–H and O–H groups in total.